The minimum atomic E-state index is -0.351. The van der Waals surface area contributed by atoms with Crippen LogP contribution in [0.5, 0.6) is 0 Å². The molecule has 1 atom stereocenters. The predicted molar refractivity (Wildman–Crippen MR) is 96.2 cm³/mol. The Morgan fingerprint density at radius 1 is 1.36 bits per heavy atom. The molecular formula is C19H26N4O2. The Kier molecular flexibility index (Phi) is 6.45. The molecule has 2 N–H and O–H groups in total. The number of ether oxygens (including phenoxy) is 1. The van der Waals surface area contributed by atoms with Crippen LogP contribution in [0.4, 0.5) is 4.79 Å². The molecule has 1 amide bonds. The molecule has 1 aliphatic heterocycles. The molecule has 0 bridgehead atoms. The number of hydrogen-bond donors (Lipinski definition) is 2. The van der Waals surface area contributed by atoms with E-state index in [2.05, 4.69) is 20.2 Å². The van der Waals surface area contributed by atoms with Crippen molar-refractivity contribution in [3.05, 3.63) is 54.1 Å². The van der Waals surface area contributed by atoms with E-state index in [9.17, 15) is 4.79 Å². The number of imidazole rings is 1. The van der Waals surface area contributed by atoms with Gasteiger partial charge in [-0.25, -0.2) is 9.78 Å². The second kappa shape index (κ2) is 9.22. The van der Waals surface area contributed by atoms with Gasteiger partial charge in [0.05, 0.1) is 0 Å². The molecule has 0 saturated carbocycles. The molecule has 25 heavy (non-hydrogen) atoms. The topological polar surface area (TPSA) is 70.2 Å². The van der Waals surface area contributed by atoms with Gasteiger partial charge in [0.25, 0.3) is 0 Å². The van der Waals surface area contributed by atoms with Crippen LogP contribution < -0.4 is 5.32 Å². The maximum atomic E-state index is 11.7. The summed E-state index contributed by atoms with van der Waals surface area (Å²) >= 11 is 0. The van der Waals surface area contributed by atoms with Crippen molar-refractivity contribution in [1.82, 2.24) is 20.2 Å². The fraction of sp³-hybridized carbons (Fsp3) is 0.474. The maximum Gasteiger partial charge on any atom is 0.407 e. The van der Waals surface area contributed by atoms with Gasteiger partial charge in [-0.05, 0) is 37.9 Å². The standard InChI is InChI=1S/C19H26N4O2/c24-19(25-15-16-6-2-1-3-7-16)22-9-5-13-23-12-4-8-17(14-23)18-20-10-11-21-18/h1-3,6-7,10-11,17H,4-5,8-9,12-15H2,(H,20,21)(H,22,24)/t17-/m0/s1. The molecule has 1 aromatic carbocycles. The number of carbonyl (C=O) groups excluding carboxylic acids is 1. The van der Waals surface area contributed by atoms with E-state index in [1.54, 1.807) is 0 Å². The second-order valence-corrected chi connectivity index (χ2v) is 6.46. The number of aromatic nitrogens is 2. The summed E-state index contributed by atoms with van der Waals surface area (Å²) < 4.78 is 5.21. The molecule has 6 nitrogen and oxygen atoms in total. The first-order chi connectivity index (χ1) is 12.3. The number of benzene rings is 1. The van der Waals surface area contributed by atoms with E-state index in [4.69, 9.17) is 4.74 Å². The van der Waals surface area contributed by atoms with Crippen molar-refractivity contribution in [2.45, 2.75) is 31.8 Å². The molecule has 6 heteroatoms. The van der Waals surface area contributed by atoms with E-state index in [1.165, 1.54) is 12.8 Å². The molecule has 1 saturated heterocycles. The lowest BCUT2D eigenvalue weighted by molar-refractivity contribution is 0.138. The lowest BCUT2D eigenvalue weighted by atomic mass is 9.97. The van der Waals surface area contributed by atoms with Crippen molar-refractivity contribution in [2.24, 2.45) is 0 Å². The number of alkyl carbamates (subject to hydrolysis) is 1. The minimum Gasteiger partial charge on any atom is -0.445 e. The van der Waals surface area contributed by atoms with Crippen molar-refractivity contribution in [2.75, 3.05) is 26.2 Å². The van der Waals surface area contributed by atoms with E-state index >= 15 is 0 Å². The number of nitrogens with zero attached hydrogens (tertiary/aromatic N) is 2. The lowest BCUT2D eigenvalue weighted by Crippen LogP contribution is -2.37. The quantitative estimate of drug-likeness (QED) is 0.759. The number of hydrogen-bond acceptors (Lipinski definition) is 4. The van der Waals surface area contributed by atoms with Gasteiger partial charge in [0, 0.05) is 31.4 Å². The van der Waals surface area contributed by atoms with Crippen LogP contribution >= 0.6 is 0 Å². The highest BCUT2D eigenvalue weighted by atomic mass is 16.5. The van der Waals surface area contributed by atoms with Gasteiger partial charge < -0.3 is 19.9 Å². The van der Waals surface area contributed by atoms with Gasteiger partial charge in [0.2, 0.25) is 0 Å². The molecule has 0 unspecified atom stereocenters. The summed E-state index contributed by atoms with van der Waals surface area (Å²) in [5.74, 6) is 1.58. The van der Waals surface area contributed by atoms with Crippen molar-refractivity contribution >= 4 is 6.09 Å². The number of carbonyl (C=O) groups is 1. The Morgan fingerprint density at radius 3 is 3.04 bits per heavy atom. The summed E-state index contributed by atoms with van der Waals surface area (Å²) in [4.78, 5) is 21.8. The van der Waals surface area contributed by atoms with Gasteiger partial charge in [0.1, 0.15) is 12.4 Å². The summed E-state index contributed by atoms with van der Waals surface area (Å²) in [6.07, 6.45) is 6.66. The minimum absolute atomic E-state index is 0.309. The molecule has 134 valence electrons. The maximum absolute atomic E-state index is 11.7. The number of H-pyrrole nitrogens is 1. The van der Waals surface area contributed by atoms with E-state index in [0.29, 0.717) is 19.1 Å². The van der Waals surface area contributed by atoms with Crippen LogP contribution in [-0.2, 0) is 11.3 Å². The highest BCUT2D eigenvalue weighted by Gasteiger charge is 2.22. The molecule has 0 aliphatic carbocycles. The van der Waals surface area contributed by atoms with Crippen LogP contribution in [0.1, 0.15) is 36.6 Å². The first kappa shape index (κ1) is 17.5. The average Bonchev–Trinajstić information content (AvgIpc) is 3.19. The third-order valence-corrected chi connectivity index (χ3v) is 4.54. The smallest absolute Gasteiger partial charge is 0.407 e. The van der Waals surface area contributed by atoms with Crippen LogP contribution in [0.3, 0.4) is 0 Å². The molecule has 2 heterocycles. The number of likely N-dealkylation sites (tertiary alicyclic amines) is 1. The fourth-order valence-electron chi connectivity index (χ4n) is 3.25. The normalized spacial score (nSPS) is 18.0. The Balaban J connectivity index is 1.29. The van der Waals surface area contributed by atoms with Crippen molar-refractivity contribution in [3.8, 4) is 0 Å². The Morgan fingerprint density at radius 2 is 2.24 bits per heavy atom. The van der Waals surface area contributed by atoms with Gasteiger partial charge in [-0.15, -0.1) is 0 Å². The monoisotopic (exact) mass is 342 g/mol. The zero-order valence-corrected chi connectivity index (χ0v) is 14.5. The Bertz CT molecular complexity index is 630. The predicted octanol–water partition coefficient (Wildman–Crippen LogP) is 2.91. The number of amides is 1. The summed E-state index contributed by atoms with van der Waals surface area (Å²) in [5.41, 5.74) is 0.995. The van der Waals surface area contributed by atoms with Gasteiger partial charge in [-0.1, -0.05) is 30.3 Å². The summed E-state index contributed by atoms with van der Waals surface area (Å²) in [6, 6.07) is 9.70. The third kappa shape index (κ3) is 5.60. The number of nitrogens with one attached hydrogen (secondary N) is 2. The highest BCUT2D eigenvalue weighted by molar-refractivity contribution is 5.67. The van der Waals surface area contributed by atoms with Gasteiger partial charge in [0.15, 0.2) is 0 Å². The molecule has 1 fully saturated rings. The molecule has 3 rings (SSSR count). The molecule has 0 spiro atoms. The van der Waals surface area contributed by atoms with Crippen LogP contribution in [-0.4, -0.2) is 47.1 Å². The van der Waals surface area contributed by atoms with Crippen LogP contribution in [0.25, 0.3) is 0 Å². The first-order valence-corrected chi connectivity index (χ1v) is 8.97. The molecule has 0 radical (unpaired) electrons. The lowest BCUT2D eigenvalue weighted by Gasteiger charge is -2.31. The molecule has 1 aliphatic rings. The van der Waals surface area contributed by atoms with Gasteiger partial charge in [-0.3, -0.25) is 0 Å². The van der Waals surface area contributed by atoms with E-state index in [0.717, 1.165) is 37.4 Å². The van der Waals surface area contributed by atoms with Crippen LogP contribution in [0.15, 0.2) is 42.7 Å². The van der Waals surface area contributed by atoms with E-state index in [-0.39, 0.29) is 6.09 Å². The Hall–Kier alpha value is -2.34. The Labute approximate surface area is 148 Å². The SMILES string of the molecule is O=C(NCCCN1CCC[C@H](c2ncc[nH]2)C1)OCc1ccccc1. The van der Waals surface area contributed by atoms with Crippen molar-refractivity contribution in [3.63, 3.8) is 0 Å². The summed E-state index contributed by atoms with van der Waals surface area (Å²) in [6.45, 7) is 4.08. The third-order valence-electron chi connectivity index (χ3n) is 4.54. The highest BCUT2D eigenvalue weighted by Crippen LogP contribution is 2.24. The average molecular weight is 342 g/mol. The van der Waals surface area contributed by atoms with Crippen molar-refractivity contribution in [1.29, 1.82) is 0 Å². The van der Waals surface area contributed by atoms with Crippen LogP contribution in [0, 0.1) is 0 Å². The van der Waals surface area contributed by atoms with Crippen LogP contribution in [0.2, 0.25) is 0 Å². The number of piperidine rings is 1. The van der Waals surface area contributed by atoms with E-state index < -0.39 is 0 Å². The summed E-state index contributed by atoms with van der Waals surface area (Å²) in [5, 5.41) is 2.82. The number of aromatic amines is 1. The zero-order chi connectivity index (χ0) is 17.3. The zero-order valence-electron chi connectivity index (χ0n) is 14.5. The van der Waals surface area contributed by atoms with E-state index in [1.807, 2.05) is 42.7 Å². The molecular weight excluding hydrogens is 316 g/mol. The molecule has 2 aromatic rings. The summed E-state index contributed by atoms with van der Waals surface area (Å²) in [7, 11) is 0. The fourth-order valence-corrected chi connectivity index (χ4v) is 3.25. The van der Waals surface area contributed by atoms with Gasteiger partial charge >= 0.3 is 6.09 Å². The van der Waals surface area contributed by atoms with Crippen molar-refractivity contribution < 1.29 is 9.53 Å². The second-order valence-electron chi connectivity index (χ2n) is 6.46. The first-order valence-electron chi connectivity index (χ1n) is 8.97. The molecule has 1 aromatic heterocycles. The van der Waals surface area contributed by atoms with Gasteiger partial charge in [-0.2, -0.15) is 0 Å². The number of rotatable bonds is 7. The largest absolute Gasteiger partial charge is 0.445 e.